The van der Waals surface area contributed by atoms with Crippen molar-refractivity contribution in [1.82, 2.24) is 5.32 Å². The largest absolute Gasteiger partial charge is 0.409 e. The molecule has 1 amide bonds. The predicted octanol–water partition coefficient (Wildman–Crippen LogP) is 1.42. The van der Waals surface area contributed by atoms with Crippen molar-refractivity contribution in [3.05, 3.63) is 30.3 Å². The Hall–Kier alpha value is -1.69. The Morgan fingerprint density at radius 1 is 1.50 bits per heavy atom. The Morgan fingerprint density at radius 2 is 2.17 bits per heavy atom. The van der Waals surface area contributed by atoms with Crippen molar-refractivity contribution in [2.45, 2.75) is 24.3 Å². The van der Waals surface area contributed by atoms with E-state index >= 15 is 0 Å². The van der Waals surface area contributed by atoms with Gasteiger partial charge in [0.1, 0.15) is 0 Å². The number of hydrogen-bond acceptors (Lipinski definition) is 4. The highest BCUT2D eigenvalue weighted by Crippen LogP contribution is 2.16. The number of nitrogens with two attached hydrogens (primary N) is 1. The molecule has 4 N–H and O–H groups in total. The molecular weight excluding hydrogens is 250 g/mol. The summed E-state index contributed by atoms with van der Waals surface area (Å²) in [6.45, 7) is 1.85. The van der Waals surface area contributed by atoms with Gasteiger partial charge in [0.05, 0.1) is 11.8 Å². The van der Waals surface area contributed by atoms with Gasteiger partial charge in [-0.1, -0.05) is 30.3 Å². The lowest BCUT2D eigenvalue weighted by Gasteiger charge is -2.14. The SMILES string of the molecule is CCC(NC(=O)CSc1ccccc1)C(N)=NO. The lowest BCUT2D eigenvalue weighted by molar-refractivity contribution is -0.118. The van der Waals surface area contributed by atoms with Crippen molar-refractivity contribution in [3.63, 3.8) is 0 Å². The van der Waals surface area contributed by atoms with E-state index in [1.165, 1.54) is 11.8 Å². The molecule has 1 unspecified atom stereocenters. The fourth-order valence-corrected chi connectivity index (χ4v) is 2.09. The van der Waals surface area contributed by atoms with Gasteiger partial charge in [0.25, 0.3) is 0 Å². The summed E-state index contributed by atoms with van der Waals surface area (Å²) in [7, 11) is 0. The number of hydrogen-bond donors (Lipinski definition) is 3. The number of amidine groups is 1. The summed E-state index contributed by atoms with van der Waals surface area (Å²) in [4.78, 5) is 12.7. The summed E-state index contributed by atoms with van der Waals surface area (Å²) in [5.41, 5.74) is 5.46. The van der Waals surface area contributed by atoms with Gasteiger partial charge in [-0.25, -0.2) is 0 Å². The molecule has 18 heavy (non-hydrogen) atoms. The zero-order valence-electron chi connectivity index (χ0n) is 10.2. The van der Waals surface area contributed by atoms with Crippen LogP contribution in [0.15, 0.2) is 40.4 Å². The molecular formula is C12H17N3O2S. The highest BCUT2D eigenvalue weighted by molar-refractivity contribution is 8.00. The van der Waals surface area contributed by atoms with E-state index in [0.29, 0.717) is 12.2 Å². The van der Waals surface area contributed by atoms with Crippen LogP contribution >= 0.6 is 11.8 Å². The monoisotopic (exact) mass is 267 g/mol. The van der Waals surface area contributed by atoms with E-state index in [1.807, 2.05) is 37.3 Å². The summed E-state index contributed by atoms with van der Waals surface area (Å²) in [6.07, 6.45) is 0.581. The van der Waals surface area contributed by atoms with E-state index in [1.54, 1.807) is 0 Å². The zero-order chi connectivity index (χ0) is 13.4. The first-order valence-corrected chi connectivity index (χ1v) is 6.60. The number of amides is 1. The third-order valence-electron chi connectivity index (χ3n) is 2.33. The topological polar surface area (TPSA) is 87.7 Å². The summed E-state index contributed by atoms with van der Waals surface area (Å²) >= 11 is 1.45. The first kappa shape index (κ1) is 14.4. The first-order chi connectivity index (χ1) is 8.67. The van der Waals surface area contributed by atoms with E-state index in [9.17, 15) is 4.79 Å². The minimum absolute atomic E-state index is 0.0237. The third-order valence-corrected chi connectivity index (χ3v) is 3.34. The zero-order valence-corrected chi connectivity index (χ0v) is 11.0. The Labute approximate surface area is 110 Å². The molecule has 0 bridgehead atoms. The van der Waals surface area contributed by atoms with Crippen LogP contribution in [0.5, 0.6) is 0 Å². The summed E-state index contributed by atoms with van der Waals surface area (Å²) < 4.78 is 0. The van der Waals surface area contributed by atoms with E-state index in [0.717, 1.165) is 4.90 Å². The van der Waals surface area contributed by atoms with Crippen molar-refractivity contribution in [1.29, 1.82) is 0 Å². The van der Waals surface area contributed by atoms with E-state index in [4.69, 9.17) is 10.9 Å². The molecule has 0 saturated heterocycles. The number of nitrogens with zero attached hydrogens (tertiary/aromatic N) is 1. The second kappa shape index (κ2) is 7.60. The van der Waals surface area contributed by atoms with Gasteiger partial charge >= 0.3 is 0 Å². The van der Waals surface area contributed by atoms with Crippen molar-refractivity contribution < 1.29 is 10.0 Å². The van der Waals surface area contributed by atoms with Crippen LogP contribution in [0.3, 0.4) is 0 Å². The van der Waals surface area contributed by atoms with E-state index in [-0.39, 0.29) is 11.7 Å². The molecule has 0 fully saturated rings. The van der Waals surface area contributed by atoms with Crippen molar-refractivity contribution in [2.24, 2.45) is 10.9 Å². The van der Waals surface area contributed by atoms with Crippen LogP contribution in [-0.2, 0) is 4.79 Å². The molecule has 5 nitrogen and oxygen atoms in total. The minimum Gasteiger partial charge on any atom is -0.409 e. The highest BCUT2D eigenvalue weighted by Gasteiger charge is 2.14. The Kier molecular flexibility index (Phi) is 6.07. The average molecular weight is 267 g/mol. The number of oxime groups is 1. The maximum Gasteiger partial charge on any atom is 0.230 e. The number of benzene rings is 1. The second-order valence-corrected chi connectivity index (χ2v) is 4.70. The number of carbonyl (C=O) groups excluding carboxylic acids is 1. The van der Waals surface area contributed by atoms with Crippen LogP contribution in [0.2, 0.25) is 0 Å². The van der Waals surface area contributed by atoms with Crippen LogP contribution in [0.25, 0.3) is 0 Å². The van der Waals surface area contributed by atoms with Gasteiger partial charge in [-0.15, -0.1) is 11.8 Å². The third kappa shape index (κ3) is 4.67. The molecule has 1 atom stereocenters. The van der Waals surface area contributed by atoms with Gasteiger partial charge in [0.15, 0.2) is 5.84 Å². The van der Waals surface area contributed by atoms with Gasteiger partial charge in [-0.3, -0.25) is 4.79 Å². The molecule has 0 aliphatic carbocycles. The van der Waals surface area contributed by atoms with Crippen LogP contribution in [0.4, 0.5) is 0 Å². The molecule has 1 aromatic rings. The molecule has 0 aromatic heterocycles. The van der Waals surface area contributed by atoms with Gasteiger partial charge in [0, 0.05) is 4.90 Å². The summed E-state index contributed by atoms with van der Waals surface area (Å²) in [5, 5.41) is 14.2. The fraction of sp³-hybridized carbons (Fsp3) is 0.333. The van der Waals surface area contributed by atoms with Crippen LogP contribution < -0.4 is 11.1 Å². The molecule has 1 rings (SSSR count). The predicted molar refractivity (Wildman–Crippen MR) is 72.8 cm³/mol. The Morgan fingerprint density at radius 3 is 2.72 bits per heavy atom. The first-order valence-electron chi connectivity index (χ1n) is 5.62. The van der Waals surface area contributed by atoms with Gasteiger partial charge in [0.2, 0.25) is 5.91 Å². The molecule has 0 heterocycles. The van der Waals surface area contributed by atoms with Gasteiger partial charge < -0.3 is 16.3 Å². The van der Waals surface area contributed by atoms with Crippen molar-refractivity contribution in [3.8, 4) is 0 Å². The van der Waals surface area contributed by atoms with Crippen LogP contribution in [-0.4, -0.2) is 28.7 Å². The average Bonchev–Trinajstić information content (AvgIpc) is 2.42. The quantitative estimate of drug-likeness (QED) is 0.239. The Balaban J connectivity index is 2.42. The molecule has 98 valence electrons. The van der Waals surface area contributed by atoms with Crippen LogP contribution in [0.1, 0.15) is 13.3 Å². The van der Waals surface area contributed by atoms with Crippen LogP contribution in [0, 0.1) is 0 Å². The maximum atomic E-state index is 11.7. The Bertz CT molecular complexity index is 409. The van der Waals surface area contributed by atoms with E-state index in [2.05, 4.69) is 10.5 Å². The normalized spacial score (nSPS) is 13.1. The van der Waals surface area contributed by atoms with Crippen molar-refractivity contribution in [2.75, 3.05) is 5.75 Å². The minimum atomic E-state index is -0.418. The smallest absolute Gasteiger partial charge is 0.230 e. The van der Waals surface area contributed by atoms with E-state index < -0.39 is 6.04 Å². The summed E-state index contributed by atoms with van der Waals surface area (Å²) in [6, 6.07) is 9.24. The number of carbonyl (C=O) groups is 1. The van der Waals surface area contributed by atoms with Crippen molar-refractivity contribution >= 4 is 23.5 Å². The molecule has 0 saturated carbocycles. The number of rotatable bonds is 6. The lowest BCUT2D eigenvalue weighted by Crippen LogP contribution is -2.44. The fourth-order valence-electron chi connectivity index (χ4n) is 1.36. The second-order valence-electron chi connectivity index (χ2n) is 3.65. The molecule has 1 aromatic carbocycles. The van der Waals surface area contributed by atoms with Gasteiger partial charge in [-0.05, 0) is 18.6 Å². The molecule has 0 spiro atoms. The standard InChI is InChI=1S/C12H17N3O2S/c1-2-10(12(13)15-17)14-11(16)8-18-9-6-4-3-5-7-9/h3-7,10,17H,2,8H2,1H3,(H2,13,15)(H,14,16). The number of thioether (sulfide) groups is 1. The molecule has 0 radical (unpaired) electrons. The van der Waals surface area contributed by atoms with Gasteiger partial charge in [-0.2, -0.15) is 0 Å². The molecule has 6 heteroatoms. The highest BCUT2D eigenvalue weighted by atomic mass is 32.2. The number of nitrogens with one attached hydrogen (secondary N) is 1. The summed E-state index contributed by atoms with van der Waals surface area (Å²) in [5.74, 6) is 0.192. The molecule has 0 aliphatic rings. The lowest BCUT2D eigenvalue weighted by atomic mass is 10.2. The molecule has 0 aliphatic heterocycles. The maximum absolute atomic E-state index is 11.7.